The molecule has 0 N–H and O–H groups in total. The van der Waals surface area contributed by atoms with Gasteiger partial charge in [-0.3, -0.25) is 9.59 Å². The van der Waals surface area contributed by atoms with E-state index >= 15 is 0 Å². The summed E-state index contributed by atoms with van der Waals surface area (Å²) in [4.78, 5) is 24.5. The summed E-state index contributed by atoms with van der Waals surface area (Å²) in [5.41, 5.74) is -1.13. The van der Waals surface area contributed by atoms with Gasteiger partial charge in [-0.15, -0.1) is 0 Å². The van der Waals surface area contributed by atoms with Crippen LogP contribution in [0.5, 0.6) is 0 Å². The van der Waals surface area contributed by atoms with E-state index in [1.54, 1.807) is 0 Å². The van der Waals surface area contributed by atoms with Crippen LogP contribution in [0.3, 0.4) is 0 Å². The number of carbonyl (C=O) groups is 2. The number of unbranched alkanes of at least 4 members (excludes halogenated alkanes) is 1. The fourth-order valence-corrected chi connectivity index (χ4v) is 2.52. The first kappa shape index (κ1) is 19.9. The molecule has 4 heteroatoms. The van der Waals surface area contributed by atoms with E-state index in [-0.39, 0.29) is 0 Å². The average Bonchev–Trinajstić information content (AvgIpc) is 2.44. The predicted molar refractivity (Wildman–Crippen MR) is 83.8 cm³/mol. The van der Waals surface area contributed by atoms with Crippen molar-refractivity contribution in [3.63, 3.8) is 0 Å². The molecule has 0 fully saturated rings. The molecule has 0 unspecified atom stereocenters. The van der Waals surface area contributed by atoms with E-state index in [9.17, 15) is 9.59 Å². The monoisotopic (exact) mass is 300 g/mol. The van der Waals surface area contributed by atoms with Crippen molar-refractivity contribution in [2.24, 2.45) is 17.3 Å². The quantitative estimate of drug-likeness (QED) is 0.348. The predicted octanol–water partition coefficient (Wildman–Crippen LogP) is 3.97. The van der Waals surface area contributed by atoms with Crippen LogP contribution < -0.4 is 0 Å². The topological polar surface area (TPSA) is 52.6 Å². The summed E-state index contributed by atoms with van der Waals surface area (Å²) in [5.74, 6) is 0.139. The number of ether oxygens (including phenoxy) is 2. The Bertz CT molecular complexity index is 305. The van der Waals surface area contributed by atoms with Crippen molar-refractivity contribution in [3.8, 4) is 0 Å². The second-order valence-corrected chi connectivity index (χ2v) is 6.64. The molecule has 0 saturated carbocycles. The summed E-state index contributed by atoms with van der Waals surface area (Å²) in [5, 5.41) is 0. The van der Waals surface area contributed by atoms with Crippen LogP contribution in [0.4, 0.5) is 0 Å². The third-order valence-electron chi connectivity index (χ3n) is 3.94. The molecule has 21 heavy (non-hydrogen) atoms. The molecule has 4 nitrogen and oxygen atoms in total. The summed E-state index contributed by atoms with van der Waals surface area (Å²) in [6, 6.07) is 0. The van der Waals surface area contributed by atoms with Gasteiger partial charge in [0.1, 0.15) is 0 Å². The fourth-order valence-electron chi connectivity index (χ4n) is 2.52. The van der Waals surface area contributed by atoms with Crippen LogP contribution in [0.15, 0.2) is 0 Å². The largest absolute Gasteiger partial charge is 0.468 e. The highest BCUT2D eigenvalue weighted by molar-refractivity contribution is 5.99. The molecule has 0 bridgehead atoms. The first-order valence-electron chi connectivity index (χ1n) is 7.97. The maximum Gasteiger partial charge on any atom is 0.323 e. The molecule has 0 aliphatic heterocycles. The van der Waals surface area contributed by atoms with E-state index in [0.717, 1.165) is 25.7 Å². The number of hydrogen-bond donors (Lipinski definition) is 0. The summed E-state index contributed by atoms with van der Waals surface area (Å²) < 4.78 is 9.82. The zero-order chi connectivity index (χ0) is 16.5. The number of rotatable bonds is 10. The van der Waals surface area contributed by atoms with Crippen LogP contribution in [0.1, 0.15) is 66.2 Å². The molecular formula is C17H32O4. The van der Waals surface area contributed by atoms with Crippen LogP contribution in [0, 0.1) is 17.3 Å². The van der Waals surface area contributed by atoms with Crippen LogP contribution in [0.25, 0.3) is 0 Å². The Balaban J connectivity index is 4.98. The van der Waals surface area contributed by atoms with E-state index in [2.05, 4.69) is 27.7 Å². The second kappa shape index (κ2) is 9.80. The molecule has 0 rings (SSSR count). The van der Waals surface area contributed by atoms with Crippen molar-refractivity contribution >= 4 is 11.9 Å². The standard InChI is InChI=1S/C17H32O4/c1-13(2)9-7-8-11-17(15(18)20-5,16(19)21-6)12-10-14(3)4/h13-14H,7-12H2,1-6H3. The van der Waals surface area contributed by atoms with Gasteiger partial charge in [-0.05, 0) is 31.1 Å². The maximum atomic E-state index is 12.3. The Morgan fingerprint density at radius 1 is 0.810 bits per heavy atom. The molecule has 0 spiro atoms. The van der Waals surface area contributed by atoms with Gasteiger partial charge in [-0.2, -0.15) is 0 Å². The van der Waals surface area contributed by atoms with E-state index in [0.29, 0.717) is 24.7 Å². The Hall–Kier alpha value is -1.06. The minimum absolute atomic E-state index is 0.425. The first-order chi connectivity index (χ1) is 9.80. The molecule has 0 atom stereocenters. The van der Waals surface area contributed by atoms with Crippen molar-refractivity contribution in [1.29, 1.82) is 0 Å². The lowest BCUT2D eigenvalue weighted by Gasteiger charge is -2.29. The van der Waals surface area contributed by atoms with Crippen LogP contribution in [-0.4, -0.2) is 26.2 Å². The van der Waals surface area contributed by atoms with Gasteiger partial charge in [0.15, 0.2) is 5.41 Å². The van der Waals surface area contributed by atoms with Crippen molar-refractivity contribution < 1.29 is 19.1 Å². The highest BCUT2D eigenvalue weighted by Crippen LogP contribution is 2.35. The normalized spacial score (nSPS) is 11.8. The highest BCUT2D eigenvalue weighted by atomic mass is 16.5. The molecule has 0 saturated heterocycles. The SMILES string of the molecule is COC(=O)C(CCCCC(C)C)(CCC(C)C)C(=O)OC. The van der Waals surface area contributed by atoms with Gasteiger partial charge in [0.2, 0.25) is 0 Å². The fraction of sp³-hybridized carbons (Fsp3) is 0.882. The van der Waals surface area contributed by atoms with Gasteiger partial charge in [0, 0.05) is 0 Å². The zero-order valence-corrected chi connectivity index (χ0v) is 14.5. The van der Waals surface area contributed by atoms with E-state index in [1.165, 1.54) is 14.2 Å². The minimum atomic E-state index is -1.13. The molecule has 0 aromatic rings. The van der Waals surface area contributed by atoms with Crippen molar-refractivity contribution in [2.45, 2.75) is 66.2 Å². The molecule has 0 heterocycles. The number of methoxy groups -OCH3 is 2. The summed E-state index contributed by atoms with van der Waals surface area (Å²) in [7, 11) is 2.67. The van der Waals surface area contributed by atoms with Crippen molar-refractivity contribution in [2.75, 3.05) is 14.2 Å². The lowest BCUT2D eigenvalue weighted by Crippen LogP contribution is -2.41. The van der Waals surface area contributed by atoms with Crippen LogP contribution in [-0.2, 0) is 19.1 Å². The summed E-state index contributed by atoms with van der Waals surface area (Å²) in [6.07, 6.45) is 4.74. The molecule has 0 amide bonds. The van der Waals surface area contributed by atoms with E-state index in [1.807, 2.05) is 0 Å². The molecule has 124 valence electrons. The first-order valence-corrected chi connectivity index (χ1v) is 7.97. The number of hydrogen-bond acceptors (Lipinski definition) is 4. The van der Waals surface area contributed by atoms with Crippen molar-refractivity contribution in [1.82, 2.24) is 0 Å². The summed E-state index contributed by atoms with van der Waals surface area (Å²) in [6.45, 7) is 8.51. The third kappa shape index (κ3) is 6.49. The number of esters is 2. The second-order valence-electron chi connectivity index (χ2n) is 6.64. The Morgan fingerprint density at radius 2 is 1.29 bits per heavy atom. The Kier molecular flexibility index (Phi) is 9.31. The van der Waals surface area contributed by atoms with Crippen molar-refractivity contribution in [3.05, 3.63) is 0 Å². The van der Waals surface area contributed by atoms with Gasteiger partial charge in [0.25, 0.3) is 0 Å². The van der Waals surface area contributed by atoms with Gasteiger partial charge >= 0.3 is 11.9 Å². The van der Waals surface area contributed by atoms with Gasteiger partial charge in [0.05, 0.1) is 14.2 Å². The average molecular weight is 300 g/mol. The smallest absolute Gasteiger partial charge is 0.323 e. The molecule has 0 aromatic heterocycles. The van der Waals surface area contributed by atoms with E-state index in [4.69, 9.17) is 9.47 Å². The third-order valence-corrected chi connectivity index (χ3v) is 3.94. The molecule has 0 aromatic carbocycles. The van der Waals surface area contributed by atoms with Gasteiger partial charge in [-0.25, -0.2) is 0 Å². The lowest BCUT2D eigenvalue weighted by molar-refractivity contribution is -0.170. The molecule has 0 aliphatic rings. The van der Waals surface area contributed by atoms with Crippen LogP contribution >= 0.6 is 0 Å². The lowest BCUT2D eigenvalue weighted by atomic mass is 9.76. The summed E-state index contributed by atoms with van der Waals surface area (Å²) >= 11 is 0. The maximum absolute atomic E-state index is 12.3. The molecule has 0 aliphatic carbocycles. The Labute approximate surface area is 129 Å². The van der Waals surface area contributed by atoms with Gasteiger partial charge in [-0.1, -0.05) is 47.0 Å². The molecular weight excluding hydrogens is 268 g/mol. The van der Waals surface area contributed by atoms with Crippen LogP contribution in [0.2, 0.25) is 0 Å². The van der Waals surface area contributed by atoms with Gasteiger partial charge < -0.3 is 9.47 Å². The Morgan fingerprint density at radius 3 is 1.67 bits per heavy atom. The van der Waals surface area contributed by atoms with E-state index < -0.39 is 17.4 Å². The minimum Gasteiger partial charge on any atom is -0.468 e. The molecule has 0 radical (unpaired) electrons. The number of carbonyl (C=O) groups excluding carboxylic acids is 2. The highest BCUT2D eigenvalue weighted by Gasteiger charge is 2.47. The zero-order valence-electron chi connectivity index (χ0n) is 14.5.